The summed E-state index contributed by atoms with van der Waals surface area (Å²) < 4.78 is 0. The molecule has 0 fully saturated rings. The van der Waals surface area contributed by atoms with Gasteiger partial charge in [0.25, 0.3) is 0 Å². The molecule has 16 heavy (non-hydrogen) atoms. The quantitative estimate of drug-likeness (QED) is 0.824. The van der Waals surface area contributed by atoms with Gasteiger partial charge >= 0.3 is 0 Å². The fraction of sp³-hybridized carbons (Fsp3) is 0.600. The fourth-order valence-corrected chi connectivity index (χ4v) is 2.81. The van der Waals surface area contributed by atoms with Crippen molar-refractivity contribution >= 4 is 0 Å². The maximum Gasteiger partial charge on any atom is 0.00497 e. The third-order valence-electron chi connectivity index (χ3n) is 3.42. The number of benzene rings is 1. The van der Waals surface area contributed by atoms with Crippen LogP contribution in [0, 0.1) is 5.41 Å². The van der Waals surface area contributed by atoms with Crippen molar-refractivity contribution in [1.82, 2.24) is 0 Å². The average molecular weight is 217 g/mol. The highest BCUT2D eigenvalue weighted by Crippen LogP contribution is 2.38. The van der Waals surface area contributed by atoms with Gasteiger partial charge in [-0.3, -0.25) is 0 Å². The van der Waals surface area contributed by atoms with Crippen LogP contribution in [0.3, 0.4) is 0 Å². The average Bonchev–Trinajstić information content (AvgIpc) is 2.11. The van der Waals surface area contributed by atoms with Gasteiger partial charge in [0.2, 0.25) is 0 Å². The summed E-state index contributed by atoms with van der Waals surface area (Å²) in [4.78, 5) is 0. The highest BCUT2D eigenvalue weighted by atomic mass is 14.6. The van der Waals surface area contributed by atoms with E-state index >= 15 is 0 Å². The van der Waals surface area contributed by atoms with Crippen molar-refractivity contribution < 1.29 is 0 Å². The van der Waals surface area contributed by atoms with E-state index in [1.165, 1.54) is 17.5 Å². The lowest BCUT2D eigenvalue weighted by Gasteiger charge is -2.33. The topological polar surface area (TPSA) is 26.0 Å². The van der Waals surface area contributed by atoms with E-state index in [4.69, 9.17) is 5.73 Å². The van der Waals surface area contributed by atoms with Crippen LogP contribution in [0.4, 0.5) is 0 Å². The van der Waals surface area contributed by atoms with Gasteiger partial charge in [-0.25, -0.2) is 0 Å². The third-order valence-corrected chi connectivity index (χ3v) is 3.42. The van der Waals surface area contributed by atoms with E-state index in [2.05, 4.69) is 45.0 Å². The van der Waals surface area contributed by atoms with Gasteiger partial charge in [0.15, 0.2) is 0 Å². The van der Waals surface area contributed by atoms with Crippen molar-refractivity contribution in [2.75, 3.05) is 0 Å². The van der Waals surface area contributed by atoms with Crippen LogP contribution in [-0.2, 0) is 6.42 Å². The maximum atomic E-state index is 6.23. The van der Waals surface area contributed by atoms with E-state index in [0.717, 1.165) is 12.8 Å². The van der Waals surface area contributed by atoms with Crippen molar-refractivity contribution in [3.8, 4) is 0 Å². The molecule has 0 saturated carbocycles. The van der Waals surface area contributed by atoms with E-state index in [1.807, 2.05) is 0 Å². The Labute approximate surface area is 99.0 Å². The van der Waals surface area contributed by atoms with Gasteiger partial charge in [0.05, 0.1) is 0 Å². The summed E-state index contributed by atoms with van der Waals surface area (Å²) in [5.74, 6) is 0.716. The second-order valence-electron chi connectivity index (χ2n) is 6.36. The summed E-state index contributed by atoms with van der Waals surface area (Å²) in [6.07, 6.45) is 3.49. The zero-order chi connectivity index (χ0) is 11.8. The standard InChI is InChI=1S/C15H23N/c1-15(2,3)10-13(16)9-12-8-11-6-4-5-7-14(11)12/h4-7,12-13H,8-10,16H2,1-3H3. The molecule has 0 amide bonds. The van der Waals surface area contributed by atoms with Crippen LogP contribution in [0.1, 0.15) is 50.7 Å². The smallest absolute Gasteiger partial charge is 0.00497 e. The molecule has 1 aromatic rings. The lowest BCUT2D eigenvalue weighted by atomic mass is 9.73. The van der Waals surface area contributed by atoms with Crippen LogP contribution in [0.2, 0.25) is 0 Å². The molecule has 0 spiro atoms. The summed E-state index contributed by atoms with van der Waals surface area (Å²) in [5.41, 5.74) is 9.63. The van der Waals surface area contributed by atoms with E-state index in [-0.39, 0.29) is 0 Å². The number of hydrogen-bond donors (Lipinski definition) is 1. The lowest BCUT2D eigenvalue weighted by Crippen LogP contribution is -2.31. The second-order valence-corrected chi connectivity index (χ2v) is 6.36. The van der Waals surface area contributed by atoms with Crippen molar-refractivity contribution in [3.05, 3.63) is 35.4 Å². The van der Waals surface area contributed by atoms with Gasteiger partial charge in [-0.2, -0.15) is 0 Å². The molecule has 0 aromatic heterocycles. The SMILES string of the molecule is CC(C)(C)CC(N)CC1Cc2ccccc21. The Balaban J connectivity index is 1.90. The van der Waals surface area contributed by atoms with Crippen molar-refractivity contribution in [2.45, 2.75) is 52.0 Å². The Kier molecular flexibility index (Phi) is 3.07. The predicted octanol–water partition coefficient (Wildman–Crippen LogP) is 3.48. The summed E-state index contributed by atoms with van der Waals surface area (Å²) >= 11 is 0. The molecule has 2 rings (SSSR count). The van der Waals surface area contributed by atoms with Gasteiger partial charge in [-0.05, 0) is 41.7 Å². The molecular formula is C15H23N. The molecule has 88 valence electrons. The molecule has 1 heteroatoms. The first-order valence-corrected chi connectivity index (χ1v) is 6.29. The molecule has 0 radical (unpaired) electrons. The van der Waals surface area contributed by atoms with E-state index in [9.17, 15) is 0 Å². The molecule has 2 unspecified atom stereocenters. The van der Waals surface area contributed by atoms with Crippen molar-refractivity contribution in [3.63, 3.8) is 0 Å². The summed E-state index contributed by atoms with van der Waals surface area (Å²) in [7, 11) is 0. The molecule has 1 nitrogen and oxygen atoms in total. The van der Waals surface area contributed by atoms with E-state index in [1.54, 1.807) is 0 Å². The Bertz CT molecular complexity index is 362. The molecule has 2 N–H and O–H groups in total. The minimum Gasteiger partial charge on any atom is -0.328 e. The normalized spacial score (nSPS) is 21.1. The van der Waals surface area contributed by atoms with Gasteiger partial charge in [0, 0.05) is 6.04 Å². The predicted molar refractivity (Wildman–Crippen MR) is 69.6 cm³/mol. The molecule has 0 saturated heterocycles. The Morgan fingerprint density at radius 3 is 2.62 bits per heavy atom. The second kappa shape index (κ2) is 4.21. The van der Waals surface area contributed by atoms with Crippen LogP contribution in [0.25, 0.3) is 0 Å². The third kappa shape index (κ3) is 2.65. The van der Waals surface area contributed by atoms with Crippen LogP contribution >= 0.6 is 0 Å². The highest BCUT2D eigenvalue weighted by Gasteiger charge is 2.28. The van der Waals surface area contributed by atoms with Gasteiger partial charge in [0.1, 0.15) is 0 Å². The van der Waals surface area contributed by atoms with E-state index < -0.39 is 0 Å². The van der Waals surface area contributed by atoms with Crippen LogP contribution < -0.4 is 5.73 Å². The monoisotopic (exact) mass is 217 g/mol. The minimum absolute atomic E-state index is 0.346. The van der Waals surface area contributed by atoms with Gasteiger partial charge in [-0.15, -0.1) is 0 Å². The van der Waals surface area contributed by atoms with Gasteiger partial charge < -0.3 is 5.73 Å². The summed E-state index contributed by atoms with van der Waals surface area (Å²) in [5, 5.41) is 0. The fourth-order valence-electron chi connectivity index (χ4n) is 2.81. The Morgan fingerprint density at radius 2 is 2.00 bits per heavy atom. The Morgan fingerprint density at radius 1 is 1.31 bits per heavy atom. The van der Waals surface area contributed by atoms with Crippen molar-refractivity contribution in [2.24, 2.45) is 11.1 Å². The zero-order valence-corrected chi connectivity index (χ0v) is 10.7. The molecule has 2 atom stereocenters. The molecule has 0 bridgehead atoms. The maximum absolute atomic E-state index is 6.23. The van der Waals surface area contributed by atoms with Gasteiger partial charge in [-0.1, -0.05) is 45.0 Å². The largest absolute Gasteiger partial charge is 0.328 e. The van der Waals surface area contributed by atoms with E-state index in [0.29, 0.717) is 17.4 Å². The number of fused-ring (bicyclic) bond motifs is 1. The van der Waals surface area contributed by atoms with Crippen LogP contribution in [0.15, 0.2) is 24.3 Å². The number of rotatable bonds is 3. The molecule has 0 heterocycles. The summed E-state index contributed by atoms with van der Waals surface area (Å²) in [6, 6.07) is 9.11. The minimum atomic E-state index is 0.346. The zero-order valence-electron chi connectivity index (χ0n) is 10.7. The Hall–Kier alpha value is -0.820. The number of hydrogen-bond acceptors (Lipinski definition) is 1. The molecule has 1 aromatic carbocycles. The van der Waals surface area contributed by atoms with Crippen LogP contribution in [0.5, 0.6) is 0 Å². The molecular weight excluding hydrogens is 194 g/mol. The first kappa shape index (κ1) is 11.7. The number of nitrogens with two attached hydrogens (primary N) is 1. The first-order chi connectivity index (χ1) is 7.46. The first-order valence-electron chi connectivity index (χ1n) is 6.29. The lowest BCUT2D eigenvalue weighted by molar-refractivity contribution is 0.316. The molecule has 1 aliphatic rings. The molecule has 0 aliphatic heterocycles. The van der Waals surface area contributed by atoms with Crippen LogP contribution in [-0.4, -0.2) is 6.04 Å². The summed E-state index contributed by atoms with van der Waals surface area (Å²) in [6.45, 7) is 6.80. The van der Waals surface area contributed by atoms with Crippen molar-refractivity contribution in [1.29, 1.82) is 0 Å². The highest BCUT2D eigenvalue weighted by molar-refractivity contribution is 5.39. The molecule has 1 aliphatic carbocycles.